The van der Waals surface area contributed by atoms with Gasteiger partial charge in [0.15, 0.2) is 9.84 Å². The highest BCUT2D eigenvalue weighted by atomic mass is 32.2. The van der Waals surface area contributed by atoms with Crippen molar-refractivity contribution in [2.45, 2.75) is 56.1 Å². The summed E-state index contributed by atoms with van der Waals surface area (Å²) in [4.78, 5) is 19.8. The van der Waals surface area contributed by atoms with Crippen molar-refractivity contribution < 1.29 is 13.2 Å². The van der Waals surface area contributed by atoms with Crippen LogP contribution in [0.2, 0.25) is 0 Å². The van der Waals surface area contributed by atoms with E-state index in [-0.39, 0.29) is 17.7 Å². The summed E-state index contributed by atoms with van der Waals surface area (Å²) in [6, 6.07) is 4.07. The molecule has 3 rings (SSSR count). The predicted octanol–water partition coefficient (Wildman–Crippen LogP) is 3.97. The lowest BCUT2D eigenvalue weighted by Gasteiger charge is -2.32. The van der Waals surface area contributed by atoms with Gasteiger partial charge < -0.3 is 4.90 Å². The maximum Gasteiger partial charge on any atom is 0.240 e. The molecule has 0 bridgehead atoms. The standard InChI is InChI=1S/C18H24N2O3S3/c1-13(18(21)20(2)15-7-4-3-5-8-15)26(22,23)12-14-11-25-17(19-14)16-9-6-10-24-16/h6,9-11,13,15H,3-5,7-8,12H2,1-2H3/t13-/m0/s1. The van der Waals surface area contributed by atoms with Crippen molar-refractivity contribution in [1.29, 1.82) is 0 Å². The van der Waals surface area contributed by atoms with Crippen LogP contribution >= 0.6 is 22.7 Å². The van der Waals surface area contributed by atoms with E-state index in [2.05, 4.69) is 4.98 Å². The van der Waals surface area contributed by atoms with Gasteiger partial charge in [-0.2, -0.15) is 0 Å². The fourth-order valence-corrected chi connectivity index (χ4v) is 6.33. The molecule has 0 unspecified atom stereocenters. The first kappa shape index (κ1) is 19.5. The molecule has 0 aromatic carbocycles. The third-order valence-electron chi connectivity index (χ3n) is 4.99. The Morgan fingerprint density at radius 1 is 1.31 bits per heavy atom. The molecule has 2 aromatic rings. The van der Waals surface area contributed by atoms with E-state index < -0.39 is 15.1 Å². The van der Waals surface area contributed by atoms with Crippen LogP contribution in [0.25, 0.3) is 9.88 Å². The quantitative estimate of drug-likeness (QED) is 0.720. The van der Waals surface area contributed by atoms with Crippen molar-refractivity contribution in [1.82, 2.24) is 9.88 Å². The first-order valence-electron chi connectivity index (χ1n) is 8.85. The zero-order valence-corrected chi connectivity index (χ0v) is 17.5. The Hall–Kier alpha value is -1.25. The van der Waals surface area contributed by atoms with E-state index in [1.165, 1.54) is 24.7 Å². The summed E-state index contributed by atoms with van der Waals surface area (Å²) in [5.74, 6) is -0.495. The molecule has 1 amide bonds. The van der Waals surface area contributed by atoms with Gasteiger partial charge in [-0.25, -0.2) is 13.4 Å². The molecule has 0 radical (unpaired) electrons. The second-order valence-electron chi connectivity index (χ2n) is 6.81. The summed E-state index contributed by atoms with van der Waals surface area (Å²) in [5.41, 5.74) is 0.512. The van der Waals surface area contributed by atoms with Gasteiger partial charge in [-0.1, -0.05) is 25.3 Å². The maximum absolute atomic E-state index is 12.7. The number of nitrogens with zero attached hydrogens (tertiary/aromatic N) is 2. The van der Waals surface area contributed by atoms with Crippen LogP contribution in [-0.4, -0.2) is 42.5 Å². The Morgan fingerprint density at radius 3 is 2.69 bits per heavy atom. The Balaban J connectivity index is 1.67. The molecule has 8 heteroatoms. The van der Waals surface area contributed by atoms with Crippen LogP contribution in [-0.2, 0) is 20.4 Å². The van der Waals surface area contributed by atoms with Gasteiger partial charge in [-0.3, -0.25) is 4.79 Å². The van der Waals surface area contributed by atoms with Crippen molar-refractivity contribution in [3.8, 4) is 9.88 Å². The fraction of sp³-hybridized carbons (Fsp3) is 0.556. The van der Waals surface area contributed by atoms with Crippen LogP contribution in [0.15, 0.2) is 22.9 Å². The van der Waals surface area contributed by atoms with Crippen LogP contribution in [0.3, 0.4) is 0 Å². The lowest BCUT2D eigenvalue weighted by atomic mass is 9.94. The molecule has 0 saturated heterocycles. The van der Waals surface area contributed by atoms with Gasteiger partial charge in [-0.15, -0.1) is 22.7 Å². The van der Waals surface area contributed by atoms with E-state index in [0.717, 1.165) is 35.6 Å². The van der Waals surface area contributed by atoms with E-state index in [4.69, 9.17) is 0 Å². The largest absolute Gasteiger partial charge is 0.342 e. The molecule has 5 nitrogen and oxygen atoms in total. The monoisotopic (exact) mass is 412 g/mol. The summed E-state index contributed by atoms with van der Waals surface area (Å²) in [5, 5.41) is 3.52. The number of sulfone groups is 1. The molecule has 0 spiro atoms. The van der Waals surface area contributed by atoms with Crippen molar-refractivity contribution in [3.05, 3.63) is 28.6 Å². The van der Waals surface area contributed by atoms with Gasteiger partial charge in [0.2, 0.25) is 5.91 Å². The third kappa shape index (κ3) is 4.35. The number of carbonyl (C=O) groups is 1. The normalized spacial score (nSPS) is 17.2. The highest BCUT2D eigenvalue weighted by Crippen LogP contribution is 2.29. The van der Waals surface area contributed by atoms with Crippen molar-refractivity contribution >= 4 is 38.4 Å². The lowest BCUT2D eigenvalue weighted by molar-refractivity contribution is -0.131. The topological polar surface area (TPSA) is 67.3 Å². The van der Waals surface area contributed by atoms with Crippen LogP contribution in [0.1, 0.15) is 44.7 Å². The van der Waals surface area contributed by atoms with Crippen molar-refractivity contribution in [3.63, 3.8) is 0 Å². The Bertz CT molecular complexity index is 837. The number of amides is 1. The molecular weight excluding hydrogens is 388 g/mol. The van der Waals surface area contributed by atoms with Gasteiger partial charge in [0.25, 0.3) is 0 Å². The minimum absolute atomic E-state index is 0.165. The van der Waals surface area contributed by atoms with Crippen molar-refractivity contribution in [2.75, 3.05) is 7.05 Å². The fourth-order valence-electron chi connectivity index (χ4n) is 3.31. The van der Waals surface area contributed by atoms with Crippen LogP contribution in [0.5, 0.6) is 0 Å². The number of hydrogen-bond donors (Lipinski definition) is 0. The van der Waals surface area contributed by atoms with E-state index >= 15 is 0 Å². The Labute approximate surface area is 163 Å². The molecule has 142 valence electrons. The molecule has 1 fully saturated rings. The zero-order valence-electron chi connectivity index (χ0n) is 15.1. The second-order valence-corrected chi connectivity index (χ2v) is 10.9. The third-order valence-corrected chi connectivity index (χ3v) is 8.90. The molecule has 1 saturated carbocycles. The molecule has 1 atom stereocenters. The van der Waals surface area contributed by atoms with E-state index in [1.807, 2.05) is 17.5 Å². The number of thiophene rings is 1. The highest BCUT2D eigenvalue weighted by molar-refractivity contribution is 7.92. The minimum Gasteiger partial charge on any atom is -0.342 e. The van der Waals surface area contributed by atoms with Gasteiger partial charge in [0.1, 0.15) is 10.3 Å². The van der Waals surface area contributed by atoms with E-state index in [0.29, 0.717) is 5.69 Å². The van der Waals surface area contributed by atoms with Gasteiger partial charge in [0, 0.05) is 18.5 Å². The summed E-state index contributed by atoms with van der Waals surface area (Å²) >= 11 is 3.01. The zero-order chi connectivity index (χ0) is 18.7. The molecule has 0 aliphatic heterocycles. The van der Waals surface area contributed by atoms with Crippen LogP contribution in [0.4, 0.5) is 0 Å². The maximum atomic E-state index is 12.7. The van der Waals surface area contributed by atoms with Crippen LogP contribution < -0.4 is 0 Å². The number of aromatic nitrogens is 1. The Kier molecular flexibility index (Phi) is 6.14. The molecule has 2 aromatic heterocycles. The number of rotatable bonds is 6. The van der Waals surface area contributed by atoms with E-state index in [9.17, 15) is 13.2 Å². The number of carbonyl (C=O) groups excluding carboxylic acids is 1. The van der Waals surface area contributed by atoms with Crippen LogP contribution in [0, 0.1) is 0 Å². The first-order chi connectivity index (χ1) is 12.4. The summed E-state index contributed by atoms with van der Waals surface area (Å²) in [6.07, 6.45) is 5.33. The Morgan fingerprint density at radius 2 is 2.04 bits per heavy atom. The molecule has 26 heavy (non-hydrogen) atoms. The predicted molar refractivity (Wildman–Crippen MR) is 107 cm³/mol. The van der Waals surface area contributed by atoms with Gasteiger partial charge in [0.05, 0.1) is 16.3 Å². The minimum atomic E-state index is -3.60. The second kappa shape index (κ2) is 8.19. The molecular formula is C18H24N2O3S3. The molecule has 1 aliphatic carbocycles. The van der Waals surface area contributed by atoms with Gasteiger partial charge in [-0.05, 0) is 31.2 Å². The number of thiazole rings is 1. The highest BCUT2D eigenvalue weighted by Gasteiger charge is 2.33. The summed E-state index contributed by atoms with van der Waals surface area (Å²) in [6.45, 7) is 1.50. The lowest BCUT2D eigenvalue weighted by Crippen LogP contribution is -2.45. The SMILES string of the molecule is C[C@@H](C(=O)N(C)C1CCCCC1)S(=O)(=O)Cc1csc(-c2cccs2)n1. The average Bonchev–Trinajstić information content (AvgIpc) is 3.31. The molecule has 1 aliphatic rings. The summed E-state index contributed by atoms with van der Waals surface area (Å²) in [7, 11) is -1.86. The smallest absolute Gasteiger partial charge is 0.240 e. The summed E-state index contributed by atoms with van der Waals surface area (Å²) < 4.78 is 25.5. The van der Waals surface area contributed by atoms with Gasteiger partial charge >= 0.3 is 0 Å². The molecule has 0 N–H and O–H groups in total. The van der Waals surface area contributed by atoms with E-state index in [1.54, 1.807) is 28.7 Å². The van der Waals surface area contributed by atoms with Crippen molar-refractivity contribution in [2.24, 2.45) is 0 Å². The molecule has 2 heterocycles. The first-order valence-corrected chi connectivity index (χ1v) is 12.3. The number of hydrogen-bond acceptors (Lipinski definition) is 6. The average molecular weight is 413 g/mol.